The molecule has 1 aromatic carbocycles. The van der Waals surface area contributed by atoms with Crippen LogP contribution in [0.5, 0.6) is 0 Å². The Balaban J connectivity index is 1.35. The van der Waals surface area contributed by atoms with Gasteiger partial charge in [0.15, 0.2) is 5.69 Å². The zero-order chi connectivity index (χ0) is 20.9. The zero-order valence-corrected chi connectivity index (χ0v) is 17.4. The Bertz CT molecular complexity index is 844. The molecule has 0 spiro atoms. The summed E-state index contributed by atoms with van der Waals surface area (Å²) in [6.45, 7) is 6.14. The fraction of sp³-hybridized carbons (Fsp3) is 0.591. The summed E-state index contributed by atoms with van der Waals surface area (Å²) in [6.07, 6.45) is 4.03. The predicted octanol–water partition coefficient (Wildman–Crippen LogP) is 3.05. The van der Waals surface area contributed by atoms with E-state index in [0.717, 1.165) is 50.9 Å². The molecule has 2 saturated heterocycles. The molecule has 1 atom stereocenters. The molecular weight excluding hydrogens is 387 g/mol. The lowest BCUT2D eigenvalue weighted by molar-refractivity contribution is 0.0436. The van der Waals surface area contributed by atoms with E-state index in [2.05, 4.69) is 15.2 Å². The SMILES string of the molecule is Cc1nonc1C(=O)N(CC1CCN(Cc2ccccc2F)CC1)C[C@@H]1CCCO1. The molecule has 0 N–H and O–H groups in total. The fourth-order valence-corrected chi connectivity index (χ4v) is 4.36. The van der Waals surface area contributed by atoms with Gasteiger partial charge in [0.25, 0.3) is 5.91 Å². The average Bonchev–Trinajstić information content (AvgIpc) is 3.42. The van der Waals surface area contributed by atoms with Crippen molar-refractivity contribution >= 4 is 5.91 Å². The molecule has 0 saturated carbocycles. The number of carbonyl (C=O) groups is 1. The summed E-state index contributed by atoms with van der Waals surface area (Å²) in [6, 6.07) is 6.95. The van der Waals surface area contributed by atoms with Gasteiger partial charge < -0.3 is 9.64 Å². The predicted molar refractivity (Wildman–Crippen MR) is 108 cm³/mol. The number of piperidine rings is 1. The minimum atomic E-state index is -0.149. The molecule has 0 bridgehead atoms. The smallest absolute Gasteiger partial charge is 0.278 e. The molecule has 3 heterocycles. The maximum absolute atomic E-state index is 13.9. The Morgan fingerprint density at radius 1 is 1.20 bits per heavy atom. The Hall–Kier alpha value is -2.32. The van der Waals surface area contributed by atoms with E-state index in [9.17, 15) is 9.18 Å². The standard InChI is InChI=1S/C22H29FN4O3/c1-16-21(25-30-24-16)22(28)27(15-19-6-4-12-29-19)13-17-8-10-26(11-9-17)14-18-5-2-3-7-20(18)23/h2-3,5,7,17,19H,4,6,8-15H2,1H3/t19-/m0/s1. The normalized spacial score (nSPS) is 20.5. The van der Waals surface area contributed by atoms with E-state index in [1.165, 1.54) is 6.07 Å². The number of ether oxygens (including phenoxy) is 1. The third kappa shape index (κ3) is 5.05. The van der Waals surface area contributed by atoms with Crippen LogP contribution in [-0.2, 0) is 11.3 Å². The van der Waals surface area contributed by atoms with Crippen molar-refractivity contribution < 1.29 is 18.6 Å². The third-order valence-corrected chi connectivity index (χ3v) is 6.13. The van der Waals surface area contributed by atoms with Crippen molar-refractivity contribution in [2.45, 2.75) is 45.3 Å². The Morgan fingerprint density at radius 2 is 2.00 bits per heavy atom. The Kier molecular flexibility index (Phi) is 6.74. The molecule has 7 nitrogen and oxygen atoms in total. The van der Waals surface area contributed by atoms with Crippen molar-refractivity contribution in [1.82, 2.24) is 20.1 Å². The summed E-state index contributed by atoms with van der Waals surface area (Å²) in [5.74, 6) is 0.106. The first-order valence-electron chi connectivity index (χ1n) is 10.8. The highest BCUT2D eigenvalue weighted by atomic mass is 19.1. The van der Waals surface area contributed by atoms with Crippen LogP contribution in [0.3, 0.4) is 0 Å². The van der Waals surface area contributed by atoms with E-state index < -0.39 is 0 Å². The molecule has 0 unspecified atom stereocenters. The number of amides is 1. The molecular formula is C22H29FN4O3. The zero-order valence-electron chi connectivity index (χ0n) is 17.4. The van der Waals surface area contributed by atoms with Crippen LogP contribution in [-0.4, -0.2) is 64.9 Å². The summed E-state index contributed by atoms with van der Waals surface area (Å²) in [5.41, 5.74) is 1.53. The Morgan fingerprint density at radius 3 is 2.67 bits per heavy atom. The van der Waals surface area contributed by atoms with Crippen molar-refractivity contribution in [3.05, 3.63) is 47.0 Å². The number of benzene rings is 1. The number of nitrogens with zero attached hydrogens (tertiary/aromatic N) is 4. The maximum Gasteiger partial charge on any atom is 0.278 e. The number of aromatic nitrogens is 2. The van der Waals surface area contributed by atoms with Crippen LogP contribution >= 0.6 is 0 Å². The maximum atomic E-state index is 13.9. The molecule has 30 heavy (non-hydrogen) atoms. The summed E-state index contributed by atoms with van der Waals surface area (Å²) < 4.78 is 24.5. The molecule has 1 amide bonds. The first-order chi connectivity index (χ1) is 14.6. The number of aryl methyl sites for hydroxylation is 1. The summed E-state index contributed by atoms with van der Waals surface area (Å²) in [7, 11) is 0. The van der Waals surface area contributed by atoms with E-state index >= 15 is 0 Å². The highest BCUT2D eigenvalue weighted by Crippen LogP contribution is 2.23. The van der Waals surface area contributed by atoms with Crippen LogP contribution in [0.2, 0.25) is 0 Å². The first kappa shape index (κ1) is 20.9. The van der Waals surface area contributed by atoms with Crippen molar-refractivity contribution in [1.29, 1.82) is 0 Å². The van der Waals surface area contributed by atoms with Gasteiger partial charge in [0.05, 0.1) is 6.10 Å². The number of hydrogen-bond donors (Lipinski definition) is 0. The number of likely N-dealkylation sites (tertiary alicyclic amines) is 1. The number of hydrogen-bond acceptors (Lipinski definition) is 6. The van der Waals surface area contributed by atoms with Gasteiger partial charge in [-0.2, -0.15) is 0 Å². The number of carbonyl (C=O) groups excluding carboxylic acids is 1. The first-order valence-corrected chi connectivity index (χ1v) is 10.8. The number of halogens is 1. The van der Waals surface area contributed by atoms with Gasteiger partial charge in [0.2, 0.25) is 0 Å². The van der Waals surface area contributed by atoms with Gasteiger partial charge in [-0.15, -0.1) is 0 Å². The lowest BCUT2D eigenvalue weighted by atomic mass is 9.95. The lowest BCUT2D eigenvalue weighted by Crippen LogP contribution is -2.43. The van der Waals surface area contributed by atoms with Crippen LogP contribution < -0.4 is 0 Å². The molecule has 2 aromatic rings. The molecule has 1 aromatic heterocycles. The molecule has 0 aliphatic carbocycles. The monoisotopic (exact) mass is 416 g/mol. The van der Waals surface area contributed by atoms with E-state index in [0.29, 0.717) is 31.2 Å². The molecule has 2 aliphatic rings. The van der Waals surface area contributed by atoms with Gasteiger partial charge in [0.1, 0.15) is 11.5 Å². The molecule has 162 valence electrons. The van der Waals surface area contributed by atoms with E-state index in [1.54, 1.807) is 13.0 Å². The van der Waals surface area contributed by atoms with Crippen LogP contribution in [0.4, 0.5) is 4.39 Å². The van der Waals surface area contributed by atoms with Gasteiger partial charge >= 0.3 is 0 Å². The van der Waals surface area contributed by atoms with Gasteiger partial charge in [-0.25, -0.2) is 9.02 Å². The van der Waals surface area contributed by atoms with Crippen molar-refractivity contribution in [2.24, 2.45) is 5.92 Å². The van der Waals surface area contributed by atoms with Crippen molar-refractivity contribution in [3.63, 3.8) is 0 Å². The summed E-state index contributed by atoms with van der Waals surface area (Å²) >= 11 is 0. The average molecular weight is 416 g/mol. The lowest BCUT2D eigenvalue weighted by Gasteiger charge is -2.35. The topological polar surface area (TPSA) is 71.7 Å². The second-order valence-electron chi connectivity index (χ2n) is 8.35. The van der Waals surface area contributed by atoms with Gasteiger partial charge in [0, 0.05) is 31.8 Å². The Labute approximate surface area is 176 Å². The van der Waals surface area contributed by atoms with Crippen LogP contribution in [0.1, 0.15) is 47.4 Å². The molecule has 4 rings (SSSR count). The third-order valence-electron chi connectivity index (χ3n) is 6.13. The van der Waals surface area contributed by atoms with Gasteiger partial charge in [-0.3, -0.25) is 9.69 Å². The van der Waals surface area contributed by atoms with Crippen LogP contribution in [0, 0.1) is 18.7 Å². The summed E-state index contributed by atoms with van der Waals surface area (Å²) in [5, 5.41) is 7.56. The number of rotatable bonds is 7. The molecule has 8 heteroatoms. The van der Waals surface area contributed by atoms with Crippen LogP contribution in [0.25, 0.3) is 0 Å². The quantitative estimate of drug-likeness (QED) is 0.691. The molecule has 0 radical (unpaired) electrons. The highest BCUT2D eigenvalue weighted by Gasteiger charge is 2.30. The minimum absolute atomic E-state index is 0.0789. The fourth-order valence-electron chi connectivity index (χ4n) is 4.36. The van der Waals surface area contributed by atoms with Crippen molar-refractivity contribution in [2.75, 3.05) is 32.8 Å². The largest absolute Gasteiger partial charge is 0.376 e. The van der Waals surface area contributed by atoms with Gasteiger partial charge in [-0.1, -0.05) is 23.4 Å². The molecule has 2 aliphatic heterocycles. The van der Waals surface area contributed by atoms with Gasteiger partial charge in [-0.05, 0) is 62.8 Å². The second kappa shape index (κ2) is 9.66. The van der Waals surface area contributed by atoms with E-state index in [-0.39, 0.29) is 23.5 Å². The molecule has 2 fully saturated rings. The minimum Gasteiger partial charge on any atom is -0.376 e. The van der Waals surface area contributed by atoms with E-state index in [4.69, 9.17) is 9.37 Å². The highest BCUT2D eigenvalue weighted by molar-refractivity contribution is 5.93. The second-order valence-corrected chi connectivity index (χ2v) is 8.35. The van der Waals surface area contributed by atoms with E-state index in [1.807, 2.05) is 17.0 Å². The van der Waals surface area contributed by atoms with Crippen molar-refractivity contribution in [3.8, 4) is 0 Å². The van der Waals surface area contributed by atoms with Crippen LogP contribution in [0.15, 0.2) is 28.9 Å². The summed E-state index contributed by atoms with van der Waals surface area (Å²) in [4.78, 5) is 17.2.